The first-order valence-electron chi connectivity index (χ1n) is 8.09. The van der Waals surface area contributed by atoms with Gasteiger partial charge in [0.2, 0.25) is 5.91 Å². The van der Waals surface area contributed by atoms with Crippen molar-refractivity contribution in [2.75, 3.05) is 26.2 Å². The van der Waals surface area contributed by atoms with Crippen LogP contribution in [0.3, 0.4) is 0 Å². The molecule has 4 rings (SSSR count). The molecule has 0 saturated carbocycles. The van der Waals surface area contributed by atoms with Crippen LogP contribution in [0.1, 0.15) is 18.6 Å². The Balaban J connectivity index is 1.37. The molecular formula is C16H21N5O2. The van der Waals surface area contributed by atoms with Gasteiger partial charge in [-0.25, -0.2) is 0 Å². The van der Waals surface area contributed by atoms with E-state index in [9.17, 15) is 4.79 Å². The smallest absolute Gasteiger partial charge is 0.240 e. The fraction of sp³-hybridized carbons (Fsp3) is 0.500. The number of nitrogens with zero attached hydrogens (tertiary/aromatic N) is 2. The Morgan fingerprint density at radius 3 is 2.83 bits per heavy atom. The third-order valence-electron chi connectivity index (χ3n) is 4.83. The monoisotopic (exact) mass is 315 g/mol. The van der Waals surface area contributed by atoms with Crippen molar-refractivity contribution in [1.82, 2.24) is 25.7 Å². The molecule has 122 valence electrons. The maximum absolute atomic E-state index is 12.2. The minimum absolute atomic E-state index is 0.155. The summed E-state index contributed by atoms with van der Waals surface area (Å²) in [6, 6.07) is 5.86. The number of aromatic nitrogens is 2. The van der Waals surface area contributed by atoms with Gasteiger partial charge >= 0.3 is 0 Å². The number of hydrogen-bond donors (Lipinski definition) is 3. The predicted octanol–water partition coefficient (Wildman–Crippen LogP) is 0.724. The lowest BCUT2D eigenvalue weighted by atomic mass is 9.85. The summed E-state index contributed by atoms with van der Waals surface area (Å²) in [4.78, 5) is 14.5. The summed E-state index contributed by atoms with van der Waals surface area (Å²) >= 11 is 0. The Hall–Kier alpha value is -2.12. The zero-order chi connectivity index (χ0) is 15.7. The van der Waals surface area contributed by atoms with Crippen LogP contribution >= 0.6 is 0 Å². The number of piperidine rings is 1. The van der Waals surface area contributed by atoms with Crippen molar-refractivity contribution in [3.05, 3.63) is 30.2 Å². The molecule has 0 unspecified atom stereocenters. The van der Waals surface area contributed by atoms with Gasteiger partial charge in [-0.3, -0.25) is 14.8 Å². The van der Waals surface area contributed by atoms with E-state index in [0.717, 1.165) is 62.8 Å². The molecule has 2 saturated heterocycles. The standard InChI is InChI=1S/C16H21N5O2/c22-15-16(18-8-7-17-15)4-9-21(10-5-16)11-12-1-2-14(23-12)13-3-6-19-20-13/h1-3,6,18H,4-5,7-11H2,(H,17,22)(H,19,20). The lowest BCUT2D eigenvalue weighted by Crippen LogP contribution is -2.66. The van der Waals surface area contributed by atoms with Crippen LogP contribution < -0.4 is 10.6 Å². The van der Waals surface area contributed by atoms with E-state index < -0.39 is 0 Å². The van der Waals surface area contributed by atoms with Gasteiger partial charge in [0.25, 0.3) is 0 Å². The molecule has 2 aliphatic rings. The molecule has 2 aliphatic heterocycles. The molecule has 7 heteroatoms. The van der Waals surface area contributed by atoms with E-state index in [1.165, 1.54) is 0 Å². The summed E-state index contributed by atoms with van der Waals surface area (Å²) in [6.45, 7) is 4.14. The quantitative estimate of drug-likeness (QED) is 0.777. The molecule has 0 radical (unpaired) electrons. The van der Waals surface area contributed by atoms with E-state index in [-0.39, 0.29) is 11.4 Å². The number of H-pyrrole nitrogens is 1. The van der Waals surface area contributed by atoms with E-state index in [1.54, 1.807) is 6.20 Å². The summed E-state index contributed by atoms with van der Waals surface area (Å²) in [5, 5.41) is 13.2. The van der Waals surface area contributed by atoms with Crippen molar-refractivity contribution in [2.45, 2.75) is 24.9 Å². The number of hydrogen-bond acceptors (Lipinski definition) is 5. The van der Waals surface area contributed by atoms with Crippen LogP contribution in [0.15, 0.2) is 28.8 Å². The lowest BCUT2D eigenvalue weighted by molar-refractivity contribution is -0.131. The fourth-order valence-electron chi connectivity index (χ4n) is 3.45. The SMILES string of the molecule is O=C1NCCNC12CCN(Cc1ccc(-c3ccn[nH]3)o1)CC2. The zero-order valence-electron chi connectivity index (χ0n) is 13.0. The molecule has 0 atom stereocenters. The molecule has 23 heavy (non-hydrogen) atoms. The number of likely N-dealkylation sites (tertiary alicyclic amines) is 1. The summed E-state index contributed by atoms with van der Waals surface area (Å²) in [5.41, 5.74) is 0.524. The summed E-state index contributed by atoms with van der Waals surface area (Å²) < 4.78 is 5.88. The number of nitrogens with one attached hydrogen (secondary N) is 3. The topological polar surface area (TPSA) is 86.2 Å². The van der Waals surface area contributed by atoms with Gasteiger partial charge in [-0.2, -0.15) is 5.10 Å². The van der Waals surface area contributed by atoms with E-state index >= 15 is 0 Å². The van der Waals surface area contributed by atoms with Gasteiger partial charge in [-0.1, -0.05) is 0 Å². The molecular weight excluding hydrogens is 294 g/mol. The third kappa shape index (κ3) is 2.77. The molecule has 7 nitrogen and oxygen atoms in total. The summed E-state index contributed by atoms with van der Waals surface area (Å²) in [7, 11) is 0. The van der Waals surface area contributed by atoms with Gasteiger partial charge in [-0.15, -0.1) is 0 Å². The Labute approximate surface area is 134 Å². The van der Waals surface area contributed by atoms with E-state index in [2.05, 4.69) is 25.7 Å². The number of amides is 1. The normalized spacial score (nSPS) is 21.5. The van der Waals surface area contributed by atoms with Crippen molar-refractivity contribution in [2.24, 2.45) is 0 Å². The minimum atomic E-state index is -0.362. The number of aromatic amines is 1. The highest BCUT2D eigenvalue weighted by molar-refractivity contribution is 5.87. The first-order chi connectivity index (χ1) is 11.3. The highest BCUT2D eigenvalue weighted by Gasteiger charge is 2.42. The largest absolute Gasteiger partial charge is 0.458 e. The number of rotatable bonds is 3. The van der Waals surface area contributed by atoms with Crippen molar-refractivity contribution < 1.29 is 9.21 Å². The highest BCUT2D eigenvalue weighted by atomic mass is 16.3. The average Bonchev–Trinajstić information content (AvgIpc) is 3.24. The van der Waals surface area contributed by atoms with Crippen molar-refractivity contribution in [3.8, 4) is 11.5 Å². The summed E-state index contributed by atoms with van der Waals surface area (Å²) in [6.07, 6.45) is 3.39. The summed E-state index contributed by atoms with van der Waals surface area (Å²) in [5.74, 6) is 1.90. The molecule has 0 aliphatic carbocycles. The Morgan fingerprint density at radius 2 is 2.09 bits per heavy atom. The minimum Gasteiger partial charge on any atom is -0.458 e. The molecule has 4 heterocycles. The van der Waals surface area contributed by atoms with E-state index in [1.807, 2.05) is 18.2 Å². The second-order valence-corrected chi connectivity index (χ2v) is 6.28. The predicted molar refractivity (Wildman–Crippen MR) is 84.5 cm³/mol. The van der Waals surface area contributed by atoms with Crippen LogP contribution in [0.5, 0.6) is 0 Å². The maximum atomic E-state index is 12.2. The Bertz CT molecular complexity index is 670. The molecule has 3 N–H and O–H groups in total. The van der Waals surface area contributed by atoms with Crippen molar-refractivity contribution >= 4 is 5.91 Å². The molecule has 0 aromatic carbocycles. The van der Waals surface area contributed by atoms with Gasteiger partial charge in [0.05, 0.1) is 6.54 Å². The van der Waals surface area contributed by atoms with E-state index in [4.69, 9.17) is 4.42 Å². The van der Waals surface area contributed by atoms with Crippen molar-refractivity contribution in [1.29, 1.82) is 0 Å². The Morgan fingerprint density at radius 1 is 1.22 bits per heavy atom. The number of piperazine rings is 1. The Kier molecular flexibility index (Phi) is 3.66. The first-order valence-corrected chi connectivity index (χ1v) is 8.09. The first kappa shape index (κ1) is 14.5. The molecule has 1 spiro atoms. The van der Waals surface area contributed by atoms with Crippen LogP contribution in [0.4, 0.5) is 0 Å². The van der Waals surface area contributed by atoms with Crippen LogP contribution in [0.2, 0.25) is 0 Å². The molecule has 2 aromatic rings. The van der Waals surface area contributed by atoms with Crippen LogP contribution in [-0.4, -0.2) is 52.7 Å². The molecule has 1 amide bonds. The van der Waals surface area contributed by atoms with Gasteiger partial charge in [0, 0.05) is 32.4 Å². The third-order valence-corrected chi connectivity index (χ3v) is 4.83. The number of carbonyl (C=O) groups excluding carboxylic acids is 1. The molecule has 2 fully saturated rings. The van der Waals surface area contributed by atoms with Crippen LogP contribution in [0, 0.1) is 0 Å². The highest BCUT2D eigenvalue weighted by Crippen LogP contribution is 2.26. The second-order valence-electron chi connectivity index (χ2n) is 6.28. The number of carbonyl (C=O) groups is 1. The van der Waals surface area contributed by atoms with E-state index in [0.29, 0.717) is 0 Å². The van der Waals surface area contributed by atoms with Crippen molar-refractivity contribution in [3.63, 3.8) is 0 Å². The van der Waals surface area contributed by atoms with Gasteiger partial charge in [0.15, 0.2) is 5.76 Å². The fourth-order valence-corrected chi connectivity index (χ4v) is 3.45. The lowest BCUT2D eigenvalue weighted by Gasteiger charge is -2.43. The number of furan rings is 1. The van der Waals surface area contributed by atoms with Gasteiger partial charge in [0.1, 0.15) is 17.0 Å². The zero-order valence-corrected chi connectivity index (χ0v) is 13.0. The van der Waals surface area contributed by atoms with Crippen LogP contribution in [0.25, 0.3) is 11.5 Å². The van der Waals surface area contributed by atoms with Gasteiger partial charge < -0.3 is 15.1 Å². The van der Waals surface area contributed by atoms with Crippen LogP contribution in [-0.2, 0) is 11.3 Å². The second kappa shape index (κ2) is 5.82. The molecule has 2 aromatic heterocycles. The maximum Gasteiger partial charge on any atom is 0.240 e. The van der Waals surface area contributed by atoms with Gasteiger partial charge in [-0.05, 0) is 31.0 Å². The molecule has 0 bridgehead atoms. The average molecular weight is 315 g/mol.